The van der Waals surface area contributed by atoms with Gasteiger partial charge in [0.2, 0.25) is 5.91 Å². The molecular formula is C18H28N4O2S. The number of aromatic nitrogens is 3. The van der Waals surface area contributed by atoms with Gasteiger partial charge in [0, 0.05) is 18.8 Å². The number of aromatic amines is 1. The highest BCUT2D eigenvalue weighted by molar-refractivity contribution is 7.99. The Labute approximate surface area is 152 Å². The summed E-state index contributed by atoms with van der Waals surface area (Å²) in [4.78, 5) is 32.5. The molecule has 0 saturated heterocycles. The average Bonchev–Trinajstić information content (AvgIpc) is 2.93. The van der Waals surface area contributed by atoms with Crippen molar-refractivity contribution in [2.24, 2.45) is 5.92 Å². The highest BCUT2D eigenvalue weighted by Gasteiger charge is 2.15. The van der Waals surface area contributed by atoms with Gasteiger partial charge >= 0.3 is 0 Å². The van der Waals surface area contributed by atoms with Crippen LogP contribution < -0.4 is 10.9 Å². The van der Waals surface area contributed by atoms with Gasteiger partial charge in [0.25, 0.3) is 5.56 Å². The second kappa shape index (κ2) is 9.08. The van der Waals surface area contributed by atoms with E-state index >= 15 is 0 Å². The van der Waals surface area contributed by atoms with Gasteiger partial charge in [-0.3, -0.25) is 14.2 Å². The summed E-state index contributed by atoms with van der Waals surface area (Å²) < 4.78 is 1.70. The lowest BCUT2D eigenvalue weighted by Gasteiger charge is -2.13. The van der Waals surface area contributed by atoms with Gasteiger partial charge in [-0.1, -0.05) is 39.0 Å². The number of unbranched alkanes of at least 4 members (excludes halogenated alkanes) is 1. The molecule has 0 aliphatic carbocycles. The zero-order chi connectivity index (χ0) is 18.4. The minimum atomic E-state index is -0.0624. The van der Waals surface area contributed by atoms with Gasteiger partial charge in [-0.15, -0.1) is 0 Å². The van der Waals surface area contributed by atoms with Crippen LogP contribution in [-0.4, -0.2) is 32.7 Å². The molecule has 0 unspecified atom stereocenters. The number of aryl methyl sites for hydroxylation is 1. The molecule has 0 radical (unpaired) electrons. The highest BCUT2D eigenvalue weighted by atomic mass is 32.2. The van der Waals surface area contributed by atoms with Crippen molar-refractivity contribution in [3.8, 4) is 0 Å². The number of carbonyl (C=O) groups excluding carboxylic acids is 1. The summed E-state index contributed by atoms with van der Waals surface area (Å²) >= 11 is 1.33. The molecule has 7 heteroatoms. The van der Waals surface area contributed by atoms with Crippen LogP contribution in [-0.2, 0) is 11.3 Å². The topological polar surface area (TPSA) is 79.8 Å². The Morgan fingerprint density at radius 1 is 1.44 bits per heavy atom. The van der Waals surface area contributed by atoms with E-state index in [1.807, 2.05) is 13.0 Å². The third-order valence-electron chi connectivity index (χ3n) is 3.95. The predicted molar refractivity (Wildman–Crippen MR) is 103 cm³/mol. The van der Waals surface area contributed by atoms with E-state index < -0.39 is 0 Å². The van der Waals surface area contributed by atoms with Crippen molar-refractivity contribution in [2.75, 3.05) is 12.3 Å². The molecule has 1 amide bonds. The van der Waals surface area contributed by atoms with E-state index in [1.165, 1.54) is 11.8 Å². The molecular weight excluding hydrogens is 336 g/mol. The molecule has 2 aromatic rings. The van der Waals surface area contributed by atoms with Crippen LogP contribution in [0.15, 0.2) is 16.0 Å². The Morgan fingerprint density at radius 3 is 2.88 bits per heavy atom. The van der Waals surface area contributed by atoms with Crippen molar-refractivity contribution in [2.45, 2.75) is 58.7 Å². The van der Waals surface area contributed by atoms with Crippen LogP contribution >= 0.6 is 11.8 Å². The molecule has 2 rings (SSSR count). The van der Waals surface area contributed by atoms with Gasteiger partial charge in [0.15, 0.2) is 5.16 Å². The number of H-pyrrole nitrogens is 1. The maximum absolute atomic E-state index is 12.8. The van der Waals surface area contributed by atoms with Gasteiger partial charge in [-0.2, -0.15) is 0 Å². The summed E-state index contributed by atoms with van der Waals surface area (Å²) in [6.07, 6.45) is 2.92. The first-order valence-electron chi connectivity index (χ1n) is 8.92. The first-order valence-corrected chi connectivity index (χ1v) is 9.90. The van der Waals surface area contributed by atoms with E-state index in [0.29, 0.717) is 35.2 Å². The Bertz CT molecular complexity index is 779. The van der Waals surface area contributed by atoms with Crippen LogP contribution in [0.5, 0.6) is 0 Å². The van der Waals surface area contributed by atoms with Crippen molar-refractivity contribution in [3.63, 3.8) is 0 Å². The molecule has 25 heavy (non-hydrogen) atoms. The fourth-order valence-electron chi connectivity index (χ4n) is 2.49. The molecule has 2 aromatic heterocycles. The summed E-state index contributed by atoms with van der Waals surface area (Å²) in [6, 6.07) is 1.87. The molecule has 0 aromatic carbocycles. The molecule has 0 aliphatic heterocycles. The summed E-state index contributed by atoms with van der Waals surface area (Å²) in [6.45, 7) is 9.56. The molecule has 0 saturated carbocycles. The van der Waals surface area contributed by atoms with Crippen molar-refractivity contribution in [3.05, 3.63) is 22.1 Å². The standard InChI is InChI=1S/C18H28N4O2S/c1-5-6-8-19-15(23)11-25-18-21-14-10-13(4)20-16(14)17(24)22(18)9-7-12(2)3/h10,12,20H,5-9,11H2,1-4H3,(H,19,23). The second-order valence-electron chi connectivity index (χ2n) is 6.74. The molecule has 2 N–H and O–H groups in total. The largest absolute Gasteiger partial charge is 0.355 e. The fraction of sp³-hybridized carbons (Fsp3) is 0.611. The number of amides is 1. The summed E-state index contributed by atoms with van der Waals surface area (Å²) in [7, 11) is 0. The van der Waals surface area contributed by atoms with Crippen LogP contribution in [0.1, 0.15) is 45.7 Å². The van der Waals surface area contributed by atoms with Gasteiger partial charge in [-0.05, 0) is 31.7 Å². The average molecular weight is 365 g/mol. The van der Waals surface area contributed by atoms with Crippen LogP contribution in [0.25, 0.3) is 11.0 Å². The minimum Gasteiger partial charge on any atom is -0.355 e. The molecule has 0 aliphatic rings. The first-order chi connectivity index (χ1) is 11.9. The summed E-state index contributed by atoms with van der Waals surface area (Å²) in [5.74, 6) is 0.740. The quantitative estimate of drug-likeness (QED) is 0.407. The van der Waals surface area contributed by atoms with E-state index in [9.17, 15) is 9.59 Å². The van der Waals surface area contributed by atoms with E-state index in [2.05, 4.69) is 36.1 Å². The Balaban J connectivity index is 2.21. The molecule has 0 spiro atoms. The molecule has 6 nitrogen and oxygen atoms in total. The lowest BCUT2D eigenvalue weighted by molar-refractivity contribution is -0.118. The van der Waals surface area contributed by atoms with E-state index in [0.717, 1.165) is 25.0 Å². The normalized spacial score (nSPS) is 11.4. The Kier molecular flexibility index (Phi) is 7.11. The van der Waals surface area contributed by atoms with Crippen LogP contribution in [0.3, 0.4) is 0 Å². The van der Waals surface area contributed by atoms with E-state index in [4.69, 9.17) is 0 Å². The van der Waals surface area contributed by atoms with Crippen LogP contribution in [0.4, 0.5) is 0 Å². The van der Waals surface area contributed by atoms with E-state index in [-0.39, 0.29) is 17.2 Å². The van der Waals surface area contributed by atoms with Crippen LogP contribution in [0, 0.1) is 12.8 Å². The molecule has 2 heterocycles. The molecule has 138 valence electrons. The third-order valence-corrected chi connectivity index (χ3v) is 4.93. The van der Waals surface area contributed by atoms with Gasteiger partial charge in [-0.25, -0.2) is 4.98 Å². The van der Waals surface area contributed by atoms with Crippen molar-refractivity contribution < 1.29 is 4.79 Å². The lowest BCUT2D eigenvalue weighted by atomic mass is 10.1. The Hall–Kier alpha value is -1.76. The summed E-state index contributed by atoms with van der Waals surface area (Å²) in [5.41, 5.74) is 2.05. The third kappa shape index (κ3) is 5.36. The smallest absolute Gasteiger partial charge is 0.278 e. The van der Waals surface area contributed by atoms with Crippen molar-refractivity contribution in [1.29, 1.82) is 0 Å². The number of hydrogen-bond donors (Lipinski definition) is 2. The molecule has 0 atom stereocenters. The number of carbonyl (C=O) groups is 1. The second-order valence-corrected chi connectivity index (χ2v) is 7.68. The highest BCUT2D eigenvalue weighted by Crippen LogP contribution is 2.19. The number of fused-ring (bicyclic) bond motifs is 1. The predicted octanol–water partition coefficient (Wildman–Crippen LogP) is 3.09. The van der Waals surface area contributed by atoms with Gasteiger partial charge < -0.3 is 10.3 Å². The minimum absolute atomic E-state index is 0.0199. The fourth-order valence-corrected chi connectivity index (χ4v) is 3.35. The monoisotopic (exact) mass is 364 g/mol. The zero-order valence-corrected chi connectivity index (χ0v) is 16.3. The van der Waals surface area contributed by atoms with Crippen molar-refractivity contribution in [1.82, 2.24) is 19.9 Å². The van der Waals surface area contributed by atoms with Gasteiger partial charge in [0.05, 0.1) is 11.3 Å². The molecule has 0 bridgehead atoms. The molecule has 0 fully saturated rings. The number of thioether (sulfide) groups is 1. The van der Waals surface area contributed by atoms with Gasteiger partial charge in [0.1, 0.15) is 5.52 Å². The first kappa shape index (κ1) is 19.6. The van der Waals surface area contributed by atoms with Crippen LogP contribution in [0.2, 0.25) is 0 Å². The van der Waals surface area contributed by atoms with E-state index in [1.54, 1.807) is 4.57 Å². The Morgan fingerprint density at radius 2 is 2.20 bits per heavy atom. The summed E-state index contributed by atoms with van der Waals surface area (Å²) in [5, 5.41) is 3.51. The number of hydrogen-bond acceptors (Lipinski definition) is 4. The SMILES string of the molecule is CCCCNC(=O)CSc1nc2cc(C)[nH]c2c(=O)n1CCC(C)C. The zero-order valence-electron chi connectivity index (χ0n) is 15.5. The lowest BCUT2D eigenvalue weighted by Crippen LogP contribution is -2.28. The maximum Gasteiger partial charge on any atom is 0.278 e. The van der Waals surface area contributed by atoms with Crippen molar-refractivity contribution >= 4 is 28.7 Å². The number of nitrogens with one attached hydrogen (secondary N) is 2. The maximum atomic E-state index is 12.8. The number of rotatable bonds is 9. The number of nitrogens with zero attached hydrogens (tertiary/aromatic N) is 2.